The lowest BCUT2D eigenvalue weighted by atomic mass is 9.74. The molecule has 1 aliphatic heterocycles. The largest absolute Gasteiger partial charge is 0.319 e. The van der Waals surface area contributed by atoms with E-state index >= 15 is 0 Å². The molecule has 0 aromatic rings. The summed E-state index contributed by atoms with van der Waals surface area (Å²) in [6.45, 7) is 14.4. The van der Waals surface area contributed by atoms with Crippen LogP contribution in [0.2, 0.25) is 0 Å². The van der Waals surface area contributed by atoms with Crippen LogP contribution < -0.4 is 10.6 Å². The summed E-state index contributed by atoms with van der Waals surface area (Å²) in [7, 11) is 4.14. The van der Waals surface area contributed by atoms with Gasteiger partial charge in [0.25, 0.3) is 0 Å². The van der Waals surface area contributed by atoms with Crippen LogP contribution in [-0.4, -0.2) is 51.2 Å². The molecule has 0 aromatic heterocycles. The Kier molecular flexibility index (Phi) is 6.28. The summed E-state index contributed by atoms with van der Waals surface area (Å²) >= 11 is 0. The third kappa shape index (κ3) is 6.24. The highest BCUT2D eigenvalue weighted by atomic mass is 15.1. The van der Waals surface area contributed by atoms with E-state index in [2.05, 4.69) is 57.3 Å². The summed E-state index contributed by atoms with van der Waals surface area (Å²) in [5.74, 6) is 0. The van der Waals surface area contributed by atoms with E-state index in [9.17, 15) is 0 Å². The Bertz CT molecular complexity index is 253. The fourth-order valence-corrected chi connectivity index (χ4v) is 3.88. The van der Waals surface area contributed by atoms with E-state index in [0.717, 1.165) is 12.6 Å². The van der Waals surface area contributed by atoms with E-state index in [4.69, 9.17) is 0 Å². The maximum atomic E-state index is 3.41. The van der Waals surface area contributed by atoms with Crippen LogP contribution in [0.15, 0.2) is 0 Å². The zero-order chi connectivity index (χ0) is 14.5. The molecule has 3 nitrogen and oxygen atoms in total. The van der Waals surface area contributed by atoms with Crippen LogP contribution in [0.3, 0.4) is 0 Å². The maximum absolute atomic E-state index is 3.41. The van der Waals surface area contributed by atoms with Crippen molar-refractivity contribution in [1.29, 1.82) is 0 Å². The predicted octanol–water partition coefficient (Wildman–Crippen LogP) is 2.33. The number of hydrogen-bond donors (Lipinski definition) is 2. The minimum atomic E-state index is 0.377. The SMILES string of the molecule is CNCC(C)(C)CC(C)(C)CN1CCC(NC)CC1. The van der Waals surface area contributed by atoms with Crippen molar-refractivity contribution in [2.75, 3.05) is 40.3 Å². The van der Waals surface area contributed by atoms with Crippen LogP contribution in [0.5, 0.6) is 0 Å². The molecule has 0 unspecified atom stereocenters. The average molecular weight is 269 g/mol. The third-order valence-electron chi connectivity index (χ3n) is 4.26. The first-order chi connectivity index (χ1) is 8.78. The third-order valence-corrected chi connectivity index (χ3v) is 4.26. The highest BCUT2D eigenvalue weighted by Crippen LogP contribution is 2.34. The number of piperidine rings is 1. The fraction of sp³-hybridized carbons (Fsp3) is 1.00. The lowest BCUT2D eigenvalue weighted by molar-refractivity contribution is 0.101. The van der Waals surface area contributed by atoms with Crippen molar-refractivity contribution in [3.05, 3.63) is 0 Å². The van der Waals surface area contributed by atoms with Gasteiger partial charge in [0, 0.05) is 12.6 Å². The van der Waals surface area contributed by atoms with Crippen LogP contribution in [-0.2, 0) is 0 Å². The van der Waals surface area contributed by atoms with Gasteiger partial charge in [-0.15, -0.1) is 0 Å². The Balaban J connectivity index is 2.42. The number of nitrogens with one attached hydrogen (secondary N) is 2. The van der Waals surface area contributed by atoms with E-state index in [-0.39, 0.29) is 0 Å². The lowest BCUT2D eigenvalue weighted by Crippen LogP contribution is -2.45. The summed E-state index contributed by atoms with van der Waals surface area (Å²) < 4.78 is 0. The van der Waals surface area contributed by atoms with Gasteiger partial charge in [-0.2, -0.15) is 0 Å². The van der Waals surface area contributed by atoms with Gasteiger partial charge in [-0.05, 0) is 63.8 Å². The predicted molar refractivity (Wildman–Crippen MR) is 84.6 cm³/mol. The van der Waals surface area contributed by atoms with Crippen molar-refractivity contribution in [2.45, 2.75) is 53.0 Å². The molecular weight excluding hydrogens is 234 g/mol. The van der Waals surface area contributed by atoms with Gasteiger partial charge in [-0.25, -0.2) is 0 Å². The van der Waals surface area contributed by atoms with E-state index in [1.165, 1.54) is 38.9 Å². The molecule has 0 saturated carbocycles. The Labute approximate surface area is 120 Å². The summed E-state index contributed by atoms with van der Waals surface area (Å²) in [6.07, 6.45) is 3.87. The van der Waals surface area contributed by atoms with E-state index < -0.39 is 0 Å². The Hall–Kier alpha value is -0.120. The highest BCUT2D eigenvalue weighted by Gasteiger charge is 2.31. The number of nitrogens with zero attached hydrogens (tertiary/aromatic N) is 1. The molecule has 1 heterocycles. The van der Waals surface area contributed by atoms with Crippen molar-refractivity contribution < 1.29 is 0 Å². The molecule has 0 spiro atoms. The van der Waals surface area contributed by atoms with Gasteiger partial charge in [0.2, 0.25) is 0 Å². The summed E-state index contributed by atoms with van der Waals surface area (Å²) in [5.41, 5.74) is 0.772. The first-order valence-corrected chi connectivity index (χ1v) is 7.82. The molecule has 0 aromatic carbocycles. The van der Waals surface area contributed by atoms with Gasteiger partial charge in [0.05, 0.1) is 0 Å². The molecule has 1 aliphatic rings. The Morgan fingerprint density at radius 1 is 1.00 bits per heavy atom. The van der Waals surface area contributed by atoms with Crippen molar-refractivity contribution >= 4 is 0 Å². The van der Waals surface area contributed by atoms with Crippen LogP contribution in [0.25, 0.3) is 0 Å². The van der Waals surface area contributed by atoms with E-state index in [1.807, 2.05) is 0 Å². The van der Waals surface area contributed by atoms with Crippen molar-refractivity contribution in [3.8, 4) is 0 Å². The standard InChI is InChI=1S/C16H35N3/c1-15(2,12-17-5)11-16(3,4)13-19-9-7-14(18-6)8-10-19/h14,17-18H,7-13H2,1-6H3. The second kappa shape index (κ2) is 7.05. The molecule has 0 bridgehead atoms. The molecule has 0 radical (unpaired) electrons. The minimum Gasteiger partial charge on any atom is -0.319 e. The molecule has 19 heavy (non-hydrogen) atoms. The van der Waals surface area contributed by atoms with Crippen LogP contribution in [0.4, 0.5) is 0 Å². The van der Waals surface area contributed by atoms with Crippen LogP contribution >= 0.6 is 0 Å². The van der Waals surface area contributed by atoms with Gasteiger partial charge < -0.3 is 15.5 Å². The van der Waals surface area contributed by atoms with Crippen LogP contribution in [0.1, 0.15) is 47.0 Å². The first kappa shape index (κ1) is 16.9. The monoisotopic (exact) mass is 269 g/mol. The molecule has 1 saturated heterocycles. The molecule has 114 valence electrons. The van der Waals surface area contributed by atoms with Gasteiger partial charge in [-0.3, -0.25) is 0 Å². The zero-order valence-electron chi connectivity index (χ0n) is 14.0. The number of hydrogen-bond acceptors (Lipinski definition) is 3. The quantitative estimate of drug-likeness (QED) is 0.743. The maximum Gasteiger partial charge on any atom is 0.00884 e. The average Bonchev–Trinajstić information content (AvgIpc) is 2.27. The van der Waals surface area contributed by atoms with E-state index in [0.29, 0.717) is 10.8 Å². The molecule has 0 aliphatic carbocycles. The summed E-state index contributed by atoms with van der Waals surface area (Å²) in [4.78, 5) is 2.66. The normalized spacial score (nSPS) is 19.9. The van der Waals surface area contributed by atoms with Crippen molar-refractivity contribution in [2.24, 2.45) is 10.8 Å². The number of likely N-dealkylation sites (tertiary alicyclic amines) is 1. The Morgan fingerprint density at radius 2 is 1.58 bits per heavy atom. The molecule has 0 amide bonds. The van der Waals surface area contributed by atoms with Crippen molar-refractivity contribution in [1.82, 2.24) is 15.5 Å². The lowest BCUT2D eigenvalue weighted by Gasteiger charge is -2.41. The van der Waals surface area contributed by atoms with E-state index in [1.54, 1.807) is 0 Å². The smallest absolute Gasteiger partial charge is 0.00884 e. The molecule has 3 heteroatoms. The molecule has 2 N–H and O–H groups in total. The van der Waals surface area contributed by atoms with Gasteiger partial charge in [-0.1, -0.05) is 27.7 Å². The fourth-order valence-electron chi connectivity index (χ4n) is 3.88. The summed E-state index contributed by atoms with van der Waals surface area (Å²) in [5, 5.41) is 6.73. The molecule has 0 atom stereocenters. The Morgan fingerprint density at radius 3 is 2.05 bits per heavy atom. The van der Waals surface area contributed by atoms with Crippen molar-refractivity contribution in [3.63, 3.8) is 0 Å². The second-order valence-corrected chi connectivity index (χ2v) is 7.87. The molecule has 1 fully saturated rings. The van der Waals surface area contributed by atoms with Crippen LogP contribution in [0, 0.1) is 10.8 Å². The van der Waals surface area contributed by atoms with Gasteiger partial charge in [0.15, 0.2) is 0 Å². The topological polar surface area (TPSA) is 27.3 Å². The first-order valence-electron chi connectivity index (χ1n) is 7.82. The number of rotatable bonds is 7. The zero-order valence-corrected chi connectivity index (χ0v) is 14.0. The molecule has 1 rings (SSSR count). The highest BCUT2D eigenvalue weighted by molar-refractivity contribution is 4.85. The molecular formula is C16H35N3. The minimum absolute atomic E-state index is 0.377. The second-order valence-electron chi connectivity index (χ2n) is 7.87. The van der Waals surface area contributed by atoms with Gasteiger partial charge >= 0.3 is 0 Å². The van der Waals surface area contributed by atoms with Gasteiger partial charge in [0.1, 0.15) is 0 Å². The summed E-state index contributed by atoms with van der Waals surface area (Å²) in [6, 6.07) is 0.736.